The Morgan fingerprint density at radius 3 is 2.78 bits per heavy atom. The number of methoxy groups -OCH3 is 2. The Bertz CT molecular complexity index is 985. The summed E-state index contributed by atoms with van der Waals surface area (Å²) >= 11 is 5.91. The summed E-state index contributed by atoms with van der Waals surface area (Å²) in [6, 6.07) is 14.1. The summed E-state index contributed by atoms with van der Waals surface area (Å²) in [6.45, 7) is 0. The van der Waals surface area contributed by atoms with Gasteiger partial charge >= 0.3 is 0 Å². The van der Waals surface area contributed by atoms with Gasteiger partial charge in [-0.2, -0.15) is 10.2 Å². The number of carbonyl (C=O) groups is 1. The monoisotopic (exact) mass is 384 g/mol. The lowest BCUT2D eigenvalue weighted by atomic mass is 10.1. The molecular formula is C19H17ClN4O3. The highest BCUT2D eigenvalue weighted by Crippen LogP contribution is 2.32. The number of aromatic amines is 1. The van der Waals surface area contributed by atoms with Gasteiger partial charge in [0.15, 0.2) is 0 Å². The van der Waals surface area contributed by atoms with E-state index in [1.165, 1.54) is 6.21 Å². The molecule has 1 aromatic heterocycles. The van der Waals surface area contributed by atoms with Crippen LogP contribution >= 0.6 is 11.6 Å². The third-order valence-corrected chi connectivity index (χ3v) is 3.97. The Morgan fingerprint density at radius 1 is 1.19 bits per heavy atom. The summed E-state index contributed by atoms with van der Waals surface area (Å²) in [5.41, 5.74) is 4.73. The molecule has 3 rings (SSSR count). The van der Waals surface area contributed by atoms with Crippen LogP contribution in [-0.4, -0.2) is 36.5 Å². The smallest absolute Gasteiger partial charge is 0.289 e. The molecular weight excluding hydrogens is 368 g/mol. The van der Waals surface area contributed by atoms with Gasteiger partial charge in [-0.1, -0.05) is 23.7 Å². The lowest BCUT2D eigenvalue weighted by Crippen LogP contribution is -2.17. The van der Waals surface area contributed by atoms with E-state index in [-0.39, 0.29) is 5.69 Å². The summed E-state index contributed by atoms with van der Waals surface area (Å²) in [5, 5.41) is 11.4. The van der Waals surface area contributed by atoms with Crippen LogP contribution in [0.25, 0.3) is 11.3 Å². The number of hydrogen-bond acceptors (Lipinski definition) is 5. The Morgan fingerprint density at radius 2 is 2.04 bits per heavy atom. The maximum absolute atomic E-state index is 12.2. The second-order valence-electron chi connectivity index (χ2n) is 5.49. The lowest BCUT2D eigenvalue weighted by molar-refractivity contribution is 0.0950. The molecule has 138 valence electrons. The summed E-state index contributed by atoms with van der Waals surface area (Å²) in [7, 11) is 3.14. The van der Waals surface area contributed by atoms with E-state index in [9.17, 15) is 4.79 Å². The van der Waals surface area contributed by atoms with Gasteiger partial charge in [-0.15, -0.1) is 0 Å². The van der Waals surface area contributed by atoms with E-state index < -0.39 is 5.91 Å². The van der Waals surface area contributed by atoms with Gasteiger partial charge in [0.25, 0.3) is 5.91 Å². The third kappa shape index (κ3) is 4.45. The molecule has 27 heavy (non-hydrogen) atoms. The van der Waals surface area contributed by atoms with Crippen LogP contribution in [0.15, 0.2) is 53.6 Å². The quantitative estimate of drug-likeness (QED) is 0.502. The summed E-state index contributed by atoms with van der Waals surface area (Å²) in [6.07, 6.45) is 1.51. The number of nitrogens with zero attached hydrogens (tertiary/aromatic N) is 2. The number of carbonyl (C=O) groups excluding carboxylic acids is 1. The highest BCUT2D eigenvalue weighted by Gasteiger charge is 2.14. The first kappa shape index (κ1) is 18.5. The van der Waals surface area contributed by atoms with Crippen LogP contribution in [0.2, 0.25) is 5.02 Å². The van der Waals surface area contributed by atoms with Gasteiger partial charge in [0.2, 0.25) is 0 Å². The van der Waals surface area contributed by atoms with Crippen molar-refractivity contribution in [2.45, 2.75) is 0 Å². The van der Waals surface area contributed by atoms with Gasteiger partial charge in [-0.25, -0.2) is 5.43 Å². The Labute approximate surface area is 161 Å². The van der Waals surface area contributed by atoms with E-state index in [1.54, 1.807) is 56.7 Å². The lowest BCUT2D eigenvalue weighted by Gasteiger charge is -2.08. The average Bonchev–Trinajstić information content (AvgIpc) is 3.17. The van der Waals surface area contributed by atoms with Gasteiger partial charge < -0.3 is 9.47 Å². The molecule has 1 heterocycles. The molecule has 0 spiro atoms. The van der Waals surface area contributed by atoms with E-state index in [0.717, 1.165) is 5.56 Å². The number of benzene rings is 2. The predicted molar refractivity (Wildman–Crippen MR) is 104 cm³/mol. The standard InChI is InChI=1S/C19H17ClN4O3/c1-26-14-6-7-18(27-2)15(9-14)16-10-17(23-22-16)19(25)24-21-11-12-4-3-5-13(20)8-12/h3-11H,1-2H3,(H,22,23)(H,24,25). The normalized spacial score (nSPS) is 10.8. The fraction of sp³-hybridized carbons (Fsp3) is 0.105. The summed E-state index contributed by atoms with van der Waals surface area (Å²) in [4.78, 5) is 12.2. The molecule has 0 unspecified atom stereocenters. The first-order chi connectivity index (χ1) is 13.1. The number of H-pyrrole nitrogens is 1. The zero-order valence-electron chi connectivity index (χ0n) is 14.7. The zero-order valence-corrected chi connectivity index (χ0v) is 15.4. The summed E-state index contributed by atoms with van der Waals surface area (Å²) < 4.78 is 10.6. The number of halogens is 1. The first-order valence-corrected chi connectivity index (χ1v) is 8.35. The average molecular weight is 385 g/mol. The van der Waals surface area contributed by atoms with Gasteiger partial charge in [0.1, 0.15) is 17.2 Å². The molecule has 0 saturated heterocycles. The van der Waals surface area contributed by atoms with Crippen LogP contribution in [-0.2, 0) is 0 Å². The zero-order chi connectivity index (χ0) is 19.2. The third-order valence-electron chi connectivity index (χ3n) is 3.73. The Balaban J connectivity index is 1.74. The minimum Gasteiger partial charge on any atom is -0.497 e. The molecule has 1 amide bonds. The van der Waals surface area contributed by atoms with Crippen molar-refractivity contribution in [3.63, 3.8) is 0 Å². The van der Waals surface area contributed by atoms with Crippen molar-refractivity contribution in [3.05, 3.63) is 64.8 Å². The predicted octanol–water partition coefficient (Wildman–Crippen LogP) is 3.51. The molecule has 0 aliphatic rings. The fourth-order valence-corrected chi connectivity index (χ4v) is 2.60. The molecule has 0 radical (unpaired) electrons. The summed E-state index contributed by atoms with van der Waals surface area (Å²) in [5.74, 6) is 0.855. The minimum absolute atomic E-state index is 0.262. The maximum atomic E-state index is 12.2. The molecule has 2 aromatic carbocycles. The molecule has 0 aliphatic carbocycles. The number of hydrogen-bond donors (Lipinski definition) is 2. The molecule has 0 atom stereocenters. The Kier molecular flexibility index (Phi) is 5.73. The van der Waals surface area contributed by atoms with Crippen molar-refractivity contribution in [1.29, 1.82) is 0 Å². The van der Waals surface area contributed by atoms with Crippen molar-refractivity contribution in [2.75, 3.05) is 14.2 Å². The first-order valence-electron chi connectivity index (χ1n) is 7.97. The SMILES string of the molecule is COc1ccc(OC)c(-c2cc(C(=O)NN=Cc3cccc(Cl)c3)[nH]n2)c1. The van der Waals surface area contributed by atoms with Crippen molar-refractivity contribution in [1.82, 2.24) is 15.6 Å². The maximum Gasteiger partial charge on any atom is 0.289 e. The van der Waals surface area contributed by atoms with E-state index in [2.05, 4.69) is 20.7 Å². The molecule has 0 saturated carbocycles. The van der Waals surface area contributed by atoms with Crippen molar-refractivity contribution in [3.8, 4) is 22.8 Å². The van der Waals surface area contributed by atoms with Crippen LogP contribution < -0.4 is 14.9 Å². The number of hydrazone groups is 1. The number of aromatic nitrogens is 2. The molecule has 8 heteroatoms. The van der Waals surface area contributed by atoms with E-state index in [4.69, 9.17) is 21.1 Å². The van der Waals surface area contributed by atoms with Crippen LogP contribution in [0, 0.1) is 0 Å². The highest BCUT2D eigenvalue weighted by atomic mass is 35.5. The van der Waals surface area contributed by atoms with Crippen molar-refractivity contribution >= 4 is 23.7 Å². The second kappa shape index (κ2) is 8.37. The van der Waals surface area contributed by atoms with Gasteiger partial charge in [-0.05, 0) is 42.0 Å². The van der Waals surface area contributed by atoms with Gasteiger partial charge in [0.05, 0.1) is 26.1 Å². The molecule has 0 aliphatic heterocycles. The van der Waals surface area contributed by atoms with Crippen molar-refractivity contribution in [2.24, 2.45) is 5.10 Å². The molecule has 0 fully saturated rings. The molecule has 0 bridgehead atoms. The molecule has 2 N–H and O–H groups in total. The Hall–Kier alpha value is -3.32. The van der Waals surface area contributed by atoms with Crippen LogP contribution in [0.3, 0.4) is 0 Å². The highest BCUT2D eigenvalue weighted by molar-refractivity contribution is 6.30. The van der Waals surface area contributed by atoms with Crippen molar-refractivity contribution < 1.29 is 14.3 Å². The second-order valence-corrected chi connectivity index (χ2v) is 5.92. The number of rotatable bonds is 6. The van der Waals surface area contributed by atoms with E-state index >= 15 is 0 Å². The van der Waals surface area contributed by atoms with Crippen LogP contribution in [0.5, 0.6) is 11.5 Å². The minimum atomic E-state index is -0.422. The largest absolute Gasteiger partial charge is 0.497 e. The van der Waals surface area contributed by atoms with Gasteiger partial charge in [0, 0.05) is 10.6 Å². The van der Waals surface area contributed by atoms with E-state index in [0.29, 0.717) is 27.8 Å². The van der Waals surface area contributed by atoms with Gasteiger partial charge in [-0.3, -0.25) is 9.89 Å². The number of amides is 1. The number of ether oxygens (including phenoxy) is 2. The topological polar surface area (TPSA) is 88.6 Å². The fourth-order valence-electron chi connectivity index (χ4n) is 2.40. The molecule has 3 aromatic rings. The van der Waals surface area contributed by atoms with Crippen LogP contribution in [0.1, 0.15) is 16.1 Å². The molecule has 7 nitrogen and oxygen atoms in total. The number of nitrogens with one attached hydrogen (secondary N) is 2. The van der Waals surface area contributed by atoms with Crippen LogP contribution in [0.4, 0.5) is 0 Å². The van der Waals surface area contributed by atoms with E-state index in [1.807, 2.05) is 6.07 Å².